The second-order valence-electron chi connectivity index (χ2n) is 6.48. The predicted octanol–water partition coefficient (Wildman–Crippen LogP) is 3.20. The maximum Gasteiger partial charge on any atom is 0.241 e. The van der Waals surface area contributed by atoms with E-state index < -0.39 is 0 Å². The lowest BCUT2D eigenvalue weighted by molar-refractivity contribution is -0.119. The fourth-order valence-electron chi connectivity index (χ4n) is 2.96. The van der Waals surface area contributed by atoms with Crippen molar-refractivity contribution in [3.8, 4) is 17.0 Å². The summed E-state index contributed by atoms with van der Waals surface area (Å²) in [7, 11) is 1.64. The van der Waals surface area contributed by atoms with Crippen LogP contribution in [0.25, 0.3) is 11.3 Å². The van der Waals surface area contributed by atoms with Crippen molar-refractivity contribution in [3.05, 3.63) is 60.9 Å². The summed E-state index contributed by atoms with van der Waals surface area (Å²) in [5.41, 5.74) is 3.30. The number of hydrogen-bond donors (Lipinski definition) is 3. The molecule has 1 fully saturated rings. The SMILES string of the molecule is COc1ccccc1-c1cc(Nc2ccc(NC(=O)[C@@H]3CCN3)cc2)ncn1. The van der Waals surface area contributed by atoms with Gasteiger partial charge in [0.05, 0.1) is 18.8 Å². The summed E-state index contributed by atoms with van der Waals surface area (Å²) in [5, 5.41) is 9.26. The molecule has 0 spiro atoms. The summed E-state index contributed by atoms with van der Waals surface area (Å²) in [5.74, 6) is 1.43. The highest BCUT2D eigenvalue weighted by Crippen LogP contribution is 2.29. The molecule has 0 bridgehead atoms. The number of carbonyl (C=O) groups is 1. The Morgan fingerprint density at radius 1 is 1.11 bits per heavy atom. The maximum atomic E-state index is 12.0. The number of amides is 1. The van der Waals surface area contributed by atoms with Gasteiger partial charge in [0.25, 0.3) is 0 Å². The number of methoxy groups -OCH3 is 1. The van der Waals surface area contributed by atoms with Gasteiger partial charge in [0, 0.05) is 23.0 Å². The van der Waals surface area contributed by atoms with Crippen molar-refractivity contribution in [3.63, 3.8) is 0 Å². The smallest absolute Gasteiger partial charge is 0.241 e. The van der Waals surface area contributed by atoms with Gasteiger partial charge < -0.3 is 20.7 Å². The number of ether oxygens (including phenoxy) is 1. The molecule has 7 nitrogen and oxygen atoms in total. The van der Waals surface area contributed by atoms with E-state index in [9.17, 15) is 4.79 Å². The van der Waals surface area contributed by atoms with Gasteiger partial charge in [-0.1, -0.05) is 12.1 Å². The van der Waals surface area contributed by atoms with E-state index in [0.29, 0.717) is 5.82 Å². The van der Waals surface area contributed by atoms with Crippen molar-refractivity contribution in [2.45, 2.75) is 12.5 Å². The lowest BCUT2D eigenvalue weighted by atomic mass is 10.1. The van der Waals surface area contributed by atoms with Crippen molar-refractivity contribution in [2.24, 2.45) is 0 Å². The summed E-state index contributed by atoms with van der Waals surface area (Å²) < 4.78 is 5.41. The van der Waals surface area contributed by atoms with Crippen LogP contribution in [-0.4, -0.2) is 35.6 Å². The molecule has 0 radical (unpaired) electrons. The van der Waals surface area contributed by atoms with Gasteiger partial charge in [-0.05, 0) is 49.4 Å². The molecule has 1 aromatic heterocycles. The molecule has 7 heteroatoms. The summed E-state index contributed by atoms with van der Waals surface area (Å²) in [6.07, 6.45) is 2.40. The Morgan fingerprint density at radius 3 is 2.57 bits per heavy atom. The molecule has 0 aliphatic carbocycles. The first kappa shape index (κ1) is 17.9. The summed E-state index contributed by atoms with van der Waals surface area (Å²) >= 11 is 0. The number of rotatable bonds is 6. The normalized spacial score (nSPS) is 15.4. The van der Waals surface area contributed by atoms with E-state index >= 15 is 0 Å². The predicted molar refractivity (Wildman–Crippen MR) is 109 cm³/mol. The molecule has 2 heterocycles. The molecule has 1 aliphatic rings. The van der Waals surface area contributed by atoms with Gasteiger partial charge in [-0.2, -0.15) is 0 Å². The van der Waals surface area contributed by atoms with Gasteiger partial charge >= 0.3 is 0 Å². The minimum atomic E-state index is -0.0766. The highest BCUT2D eigenvalue weighted by atomic mass is 16.5. The Labute approximate surface area is 163 Å². The average Bonchev–Trinajstić information content (AvgIpc) is 2.68. The van der Waals surface area contributed by atoms with Gasteiger partial charge in [-0.3, -0.25) is 4.79 Å². The van der Waals surface area contributed by atoms with Gasteiger partial charge in [0.1, 0.15) is 17.9 Å². The van der Waals surface area contributed by atoms with Crippen molar-refractivity contribution in [1.82, 2.24) is 15.3 Å². The third-order valence-corrected chi connectivity index (χ3v) is 4.62. The highest BCUT2D eigenvalue weighted by Gasteiger charge is 2.24. The minimum absolute atomic E-state index is 0.00390. The summed E-state index contributed by atoms with van der Waals surface area (Å²) in [6, 6.07) is 17.0. The molecule has 0 unspecified atom stereocenters. The molecular formula is C21H21N5O2. The van der Waals surface area contributed by atoms with E-state index in [0.717, 1.165) is 41.3 Å². The van der Waals surface area contributed by atoms with Gasteiger partial charge in [-0.15, -0.1) is 0 Å². The van der Waals surface area contributed by atoms with E-state index in [1.54, 1.807) is 7.11 Å². The fourth-order valence-corrected chi connectivity index (χ4v) is 2.96. The molecule has 1 saturated heterocycles. The maximum absolute atomic E-state index is 12.0. The zero-order valence-corrected chi connectivity index (χ0v) is 15.5. The Balaban J connectivity index is 1.46. The largest absolute Gasteiger partial charge is 0.496 e. The molecule has 3 N–H and O–H groups in total. The van der Waals surface area contributed by atoms with Crippen LogP contribution in [0.5, 0.6) is 5.75 Å². The highest BCUT2D eigenvalue weighted by molar-refractivity contribution is 5.95. The van der Waals surface area contributed by atoms with E-state index in [4.69, 9.17) is 4.74 Å². The van der Waals surface area contributed by atoms with E-state index in [2.05, 4.69) is 25.9 Å². The average molecular weight is 375 g/mol. The summed E-state index contributed by atoms with van der Waals surface area (Å²) in [4.78, 5) is 20.6. The number of para-hydroxylation sites is 1. The molecule has 3 aromatic rings. The molecule has 1 amide bonds. The van der Waals surface area contributed by atoms with Crippen LogP contribution in [0.1, 0.15) is 6.42 Å². The van der Waals surface area contributed by atoms with Crippen LogP contribution in [0.3, 0.4) is 0 Å². The van der Waals surface area contributed by atoms with Gasteiger partial charge in [0.15, 0.2) is 0 Å². The lowest BCUT2D eigenvalue weighted by Crippen LogP contribution is -2.50. The number of nitrogens with one attached hydrogen (secondary N) is 3. The first-order valence-corrected chi connectivity index (χ1v) is 9.10. The number of aromatic nitrogens is 2. The van der Waals surface area contributed by atoms with Crippen LogP contribution in [0.2, 0.25) is 0 Å². The Kier molecular flexibility index (Phi) is 5.16. The first-order valence-electron chi connectivity index (χ1n) is 9.10. The number of hydrogen-bond acceptors (Lipinski definition) is 6. The van der Waals surface area contributed by atoms with Gasteiger partial charge in [-0.25, -0.2) is 9.97 Å². The van der Waals surface area contributed by atoms with Crippen molar-refractivity contribution in [2.75, 3.05) is 24.3 Å². The number of nitrogens with zero attached hydrogens (tertiary/aromatic N) is 2. The Hall–Kier alpha value is -3.45. The monoisotopic (exact) mass is 375 g/mol. The fraction of sp³-hybridized carbons (Fsp3) is 0.190. The Bertz CT molecular complexity index is 971. The molecule has 28 heavy (non-hydrogen) atoms. The molecular weight excluding hydrogens is 354 g/mol. The topological polar surface area (TPSA) is 88.2 Å². The van der Waals surface area contributed by atoms with E-state index in [1.165, 1.54) is 6.33 Å². The van der Waals surface area contributed by atoms with Crippen molar-refractivity contribution < 1.29 is 9.53 Å². The third-order valence-electron chi connectivity index (χ3n) is 4.62. The lowest BCUT2D eigenvalue weighted by Gasteiger charge is -2.26. The summed E-state index contributed by atoms with van der Waals surface area (Å²) in [6.45, 7) is 0.900. The molecule has 1 atom stereocenters. The zero-order chi connectivity index (χ0) is 19.3. The number of anilines is 3. The number of carbonyl (C=O) groups excluding carboxylic acids is 1. The molecule has 1 aliphatic heterocycles. The molecule has 0 saturated carbocycles. The second kappa shape index (κ2) is 8.06. The zero-order valence-electron chi connectivity index (χ0n) is 15.5. The van der Waals surface area contributed by atoms with Crippen molar-refractivity contribution in [1.29, 1.82) is 0 Å². The third kappa shape index (κ3) is 3.94. The molecule has 2 aromatic carbocycles. The number of benzene rings is 2. The quantitative estimate of drug-likeness (QED) is 0.613. The molecule has 142 valence electrons. The minimum Gasteiger partial charge on any atom is -0.496 e. The van der Waals surface area contributed by atoms with E-state index in [-0.39, 0.29) is 11.9 Å². The van der Waals surface area contributed by atoms with Crippen LogP contribution >= 0.6 is 0 Å². The van der Waals surface area contributed by atoms with Crippen LogP contribution < -0.4 is 20.7 Å². The van der Waals surface area contributed by atoms with Crippen LogP contribution in [-0.2, 0) is 4.79 Å². The van der Waals surface area contributed by atoms with E-state index in [1.807, 2.05) is 54.6 Å². The van der Waals surface area contributed by atoms with Crippen molar-refractivity contribution >= 4 is 23.1 Å². The van der Waals surface area contributed by atoms with Crippen LogP contribution in [0, 0.1) is 0 Å². The van der Waals surface area contributed by atoms with Crippen LogP contribution in [0.15, 0.2) is 60.9 Å². The van der Waals surface area contributed by atoms with Gasteiger partial charge in [0.2, 0.25) is 5.91 Å². The standard InChI is InChI=1S/C21H21N5O2/c1-28-19-5-3-2-4-16(19)18-12-20(24-13-23-18)25-14-6-8-15(9-7-14)26-21(27)17-10-11-22-17/h2-9,12-13,17,22H,10-11H2,1H3,(H,26,27)(H,23,24,25)/t17-/m0/s1. The first-order chi connectivity index (χ1) is 13.7. The second-order valence-corrected chi connectivity index (χ2v) is 6.48. The molecule has 4 rings (SSSR count). The Morgan fingerprint density at radius 2 is 1.86 bits per heavy atom. The van der Waals surface area contributed by atoms with Crippen LogP contribution in [0.4, 0.5) is 17.2 Å².